The van der Waals surface area contributed by atoms with E-state index in [1.165, 1.54) is 0 Å². The molecule has 3 aromatic carbocycles. The lowest BCUT2D eigenvalue weighted by atomic mass is 9.87. The SMILES string of the molecule is COc1ccc(-c2nn(-c3ccccc3)cc2C(=O)N2CCC(C(O)c3ccccc3)CC2)cc1OC. The molecule has 37 heavy (non-hydrogen) atoms. The fourth-order valence-electron chi connectivity index (χ4n) is 4.95. The topological polar surface area (TPSA) is 76.8 Å². The normalized spacial score (nSPS) is 14.8. The van der Waals surface area contributed by atoms with Gasteiger partial charge in [-0.2, -0.15) is 5.10 Å². The van der Waals surface area contributed by atoms with Gasteiger partial charge < -0.3 is 19.5 Å². The van der Waals surface area contributed by atoms with Gasteiger partial charge in [-0.15, -0.1) is 0 Å². The highest BCUT2D eigenvalue weighted by Crippen LogP contribution is 2.35. The number of aromatic nitrogens is 2. The molecule has 1 fully saturated rings. The van der Waals surface area contributed by atoms with Gasteiger partial charge in [-0.1, -0.05) is 48.5 Å². The molecule has 0 aliphatic carbocycles. The van der Waals surface area contributed by atoms with Crippen molar-refractivity contribution in [1.29, 1.82) is 0 Å². The van der Waals surface area contributed by atoms with E-state index in [0.717, 1.165) is 29.7 Å². The molecule has 190 valence electrons. The van der Waals surface area contributed by atoms with Crippen LogP contribution < -0.4 is 9.47 Å². The van der Waals surface area contributed by atoms with Gasteiger partial charge in [0, 0.05) is 24.8 Å². The minimum absolute atomic E-state index is 0.0698. The van der Waals surface area contributed by atoms with Gasteiger partial charge in [0.15, 0.2) is 11.5 Å². The van der Waals surface area contributed by atoms with Crippen molar-refractivity contribution >= 4 is 5.91 Å². The van der Waals surface area contributed by atoms with Crippen molar-refractivity contribution in [3.8, 4) is 28.4 Å². The van der Waals surface area contributed by atoms with E-state index in [4.69, 9.17) is 14.6 Å². The number of rotatable bonds is 7. The molecule has 1 amide bonds. The molecule has 2 heterocycles. The Labute approximate surface area is 216 Å². The first-order valence-corrected chi connectivity index (χ1v) is 12.5. The van der Waals surface area contributed by atoms with Crippen LogP contribution in [0.1, 0.15) is 34.9 Å². The number of benzene rings is 3. The molecular weight excluding hydrogens is 466 g/mol. The lowest BCUT2D eigenvalue weighted by molar-refractivity contribution is 0.0463. The van der Waals surface area contributed by atoms with E-state index >= 15 is 0 Å². The number of hydrogen-bond acceptors (Lipinski definition) is 5. The molecule has 1 atom stereocenters. The Bertz CT molecular complexity index is 1350. The van der Waals surface area contributed by atoms with Gasteiger partial charge >= 0.3 is 0 Å². The summed E-state index contributed by atoms with van der Waals surface area (Å²) in [5.74, 6) is 1.23. The Balaban J connectivity index is 1.43. The summed E-state index contributed by atoms with van der Waals surface area (Å²) in [5.41, 5.74) is 3.67. The van der Waals surface area contributed by atoms with Crippen molar-refractivity contribution < 1.29 is 19.4 Å². The Hall–Kier alpha value is -4.10. The van der Waals surface area contributed by atoms with Crippen LogP contribution in [-0.2, 0) is 0 Å². The summed E-state index contributed by atoms with van der Waals surface area (Å²) in [5, 5.41) is 15.7. The number of carbonyl (C=O) groups is 1. The number of para-hydroxylation sites is 1. The number of likely N-dealkylation sites (tertiary alicyclic amines) is 1. The smallest absolute Gasteiger partial charge is 0.257 e. The summed E-state index contributed by atoms with van der Waals surface area (Å²) >= 11 is 0. The van der Waals surface area contributed by atoms with Crippen molar-refractivity contribution in [1.82, 2.24) is 14.7 Å². The van der Waals surface area contributed by atoms with Crippen molar-refractivity contribution in [2.45, 2.75) is 18.9 Å². The summed E-state index contributed by atoms with van der Waals surface area (Å²) in [7, 11) is 3.18. The minimum Gasteiger partial charge on any atom is -0.493 e. The van der Waals surface area contributed by atoms with Crippen molar-refractivity contribution in [3.05, 3.63) is 96.2 Å². The maximum absolute atomic E-state index is 13.8. The second-order valence-corrected chi connectivity index (χ2v) is 9.23. The standard InChI is InChI=1S/C30H31N3O4/c1-36-26-14-13-23(19-27(26)37-2)28-25(20-33(31-28)24-11-7-4-8-12-24)30(35)32-17-15-22(16-18-32)29(34)21-9-5-3-6-10-21/h3-14,19-20,22,29,34H,15-18H2,1-2H3. The van der Waals surface area contributed by atoms with Crippen LogP contribution in [-0.4, -0.2) is 53.0 Å². The molecule has 0 radical (unpaired) electrons. The monoisotopic (exact) mass is 497 g/mol. The third-order valence-corrected chi connectivity index (χ3v) is 7.04. The summed E-state index contributed by atoms with van der Waals surface area (Å²) in [6, 6.07) is 25.0. The van der Waals surface area contributed by atoms with Crippen LogP contribution in [0.2, 0.25) is 0 Å². The minimum atomic E-state index is -0.526. The fraction of sp³-hybridized carbons (Fsp3) is 0.267. The number of aliphatic hydroxyl groups excluding tert-OH is 1. The molecule has 7 nitrogen and oxygen atoms in total. The number of aliphatic hydroxyl groups is 1. The van der Waals surface area contributed by atoms with E-state index in [0.29, 0.717) is 35.8 Å². The van der Waals surface area contributed by atoms with Crippen molar-refractivity contribution in [3.63, 3.8) is 0 Å². The number of amides is 1. The van der Waals surface area contributed by atoms with E-state index < -0.39 is 6.10 Å². The van der Waals surface area contributed by atoms with Crippen LogP contribution in [0.5, 0.6) is 11.5 Å². The largest absolute Gasteiger partial charge is 0.493 e. The van der Waals surface area contributed by atoms with E-state index in [-0.39, 0.29) is 11.8 Å². The third kappa shape index (κ3) is 5.08. The molecule has 0 saturated carbocycles. The predicted molar refractivity (Wildman–Crippen MR) is 142 cm³/mol. The van der Waals surface area contributed by atoms with Gasteiger partial charge in [-0.25, -0.2) is 4.68 Å². The highest BCUT2D eigenvalue weighted by molar-refractivity contribution is 6.00. The second-order valence-electron chi connectivity index (χ2n) is 9.23. The molecule has 1 aliphatic rings. The summed E-state index contributed by atoms with van der Waals surface area (Å²) < 4.78 is 12.6. The molecule has 4 aromatic rings. The average molecular weight is 498 g/mol. The van der Waals surface area contributed by atoms with Crippen LogP contribution in [0, 0.1) is 5.92 Å². The van der Waals surface area contributed by atoms with Crippen molar-refractivity contribution in [2.75, 3.05) is 27.3 Å². The van der Waals surface area contributed by atoms with E-state index in [2.05, 4.69) is 0 Å². The number of carbonyl (C=O) groups excluding carboxylic acids is 1. The highest BCUT2D eigenvalue weighted by Gasteiger charge is 2.31. The molecule has 1 unspecified atom stereocenters. The zero-order valence-electron chi connectivity index (χ0n) is 21.1. The second kappa shape index (κ2) is 10.9. The zero-order chi connectivity index (χ0) is 25.8. The number of methoxy groups -OCH3 is 2. The van der Waals surface area contributed by atoms with Gasteiger partial charge in [-0.3, -0.25) is 4.79 Å². The summed E-state index contributed by atoms with van der Waals surface area (Å²) in [6.07, 6.45) is 2.75. The maximum Gasteiger partial charge on any atom is 0.257 e. The molecule has 1 aliphatic heterocycles. The predicted octanol–water partition coefficient (Wildman–Crippen LogP) is 5.14. The first-order valence-electron chi connectivity index (χ1n) is 12.5. The lowest BCUT2D eigenvalue weighted by Crippen LogP contribution is -2.39. The maximum atomic E-state index is 13.8. The third-order valence-electron chi connectivity index (χ3n) is 7.04. The quantitative estimate of drug-likeness (QED) is 0.383. The highest BCUT2D eigenvalue weighted by atomic mass is 16.5. The molecule has 0 bridgehead atoms. The Kier molecular flexibility index (Phi) is 7.23. The van der Waals surface area contributed by atoms with Gasteiger partial charge in [0.25, 0.3) is 5.91 Å². The fourth-order valence-corrected chi connectivity index (χ4v) is 4.95. The molecule has 5 rings (SSSR count). The molecule has 1 saturated heterocycles. The Morgan fingerprint density at radius 3 is 2.22 bits per heavy atom. The van der Waals surface area contributed by atoms with Crippen molar-refractivity contribution in [2.24, 2.45) is 5.92 Å². The molecular formula is C30H31N3O4. The van der Waals surface area contributed by atoms with E-state index in [1.807, 2.05) is 83.8 Å². The number of nitrogens with zero attached hydrogens (tertiary/aromatic N) is 3. The van der Waals surface area contributed by atoms with Crippen LogP contribution >= 0.6 is 0 Å². The van der Waals surface area contributed by atoms with E-state index in [1.54, 1.807) is 25.1 Å². The van der Waals surface area contributed by atoms with Crippen LogP contribution in [0.3, 0.4) is 0 Å². The molecule has 1 aromatic heterocycles. The van der Waals surface area contributed by atoms with Crippen LogP contribution in [0.25, 0.3) is 16.9 Å². The average Bonchev–Trinajstić information content (AvgIpc) is 3.42. The molecule has 7 heteroatoms. The Morgan fingerprint density at radius 1 is 0.919 bits per heavy atom. The van der Waals surface area contributed by atoms with Crippen LogP contribution in [0.15, 0.2) is 85.1 Å². The zero-order valence-corrected chi connectivity index (χ0v) is 21.1. The lowest BCUT2D eigenvalue weighted by Gasteiger charge is -2.34. The van der Waals surface area contributed by atoms with Gasteiger partial charge in [-0.05, 0) is 54.7 Å². The van der Waals surface area contributed by atoms with Gasteiger partial charge in [0.05, 0.1) is 31.6 Å². The molecule has 1 N–H and O–H groups in total. The number of ether oxygens (including phenoxy) is 2. The molecule has 0 spiro atoms. The van der Waals surface area contributed by atoms with Gasteiger partial charge in [0.1, 0.15) is 5.69 Å². The van der Waals surface area contributed by atoms with Gasteiger partial charge in [0.2, 0.25) is 0 Å². The van der Waals surface area contributed by atoms with Crippen LogP contribution in [0.4, 0.5) is 0 Å². The number of piperidine rings is 1. The summed E-state index contributed by atoms with van der Waals surface area (Å²) in [4.78, 5) is 15.7. The first kappa shape index (κ1) is 24.6. The summed E-state index contributed by atoms with van der Waals surface area (Å²) in [6.45, 7) is 1.16. The van der Waals surface area contributed by atoms with E-state index in [9.17, 15) is 9.90 Å². The first-order chi connectivity index (χ1) is 18.1. The Morgan fingerprint density at radius 2 is 1.57 bits per heavy atom. The number of hydrogen-bond donors (Lipinski definition) is 1.